The van der Waals surface area contributed by atoms with Gasteiger partial charge < -0.3 is 5.32 Å². The number of hydrogen-bond donors (Lipinski definition) is 1. The molecule has 0 unspecified atom stereocenters. The van der Waals surface area contributed by atoms with Crippen LogP contribution in [0.25, 0.3) is 0 Å². The van der Waals surface area contributed by atoms with Gasteiger partial charge in [-0.2, -0.15) is 4.31 Å². The van der Waals surface area contributed by atoms with Crippen molar-refractivity contribution in [3.05, 3.63) is 53.6 Å². The maximum atomic E-state index is 13.1. The summed E-state index contributed by atoms with van der Waals surface area (Å²) in [4.78, 5) is 12.9. The Kier molecular flexibility index (Phi) is 4.31. The summed E-state index contributed by atoms with van der Waals surface area (Å²) in [6.45, 7) is 0.855. The normalized spacial score (nSPS) is 18.0. The molecule has 5 nitrogen and oxygen atoms in total. The van der Waals surface area contributed by atoms with Crippen LogP contribution in [0.15, 0.2) is 52.3 Å². The second-order valence-corrected chi connectivity index (χ2v) is 9.24. The molecule has 1 amide bonds. The van der Waals surface area contributed by atoms with Gasteiger partial charge in [0.1, 0.15) is 0 Å². The standard InChI is InChI=1S/C18H18N2O3S2/c21-18-8-10-24-17-6-5-15(11-16(17)19-18)25(22,23)20-9-7-13-3-1-2-4-14(13)12-20/h1-6,11H,7-10,12H2,(H,19,21). The average Bonchev–Trinajstić information content (AvgIpc) is 2.81. The highest BCUT2D eigenvalue weighted by Crippen LogP contribution is 2.34. The van der Waals surface area contributed by atoms with Gasteiger partial charge >= 0.3 is 0 Å². The lowest BCUT2D eigenvalue weighted by atomic mass is 10.0. The fourth-order valence-electron chi connectivity index (χ4n) is 3.18. The van der Waals surface area contributed by atoms with E-state index in [1.807, 2.05) is 18.2 Å². The molecule has 25 heavy (non-hydrogen) atoms. The smallest absolute Gasteiger partial charge is 0.243 e. The molecule has 0 fully saturated rings. The third kappa shape index (κ3) is 3.19. The number of thioether (sulfide) groups is 1. The van der Waals surface area contributed by atoms with Crippen molar-refractivity contribution in [1.29, 1.82) is 0 Å². The number of nitrogens with one attached hydrogen (secondary N) is 1. The molecule has 0 aromatic heterocycles. The third-order valence-corrected chi connectivity index (χ3v) is 7.46. The van der Waals surface area contributed by atoms with E-state index in [2.05, 4.69) is 11.4 Å². The highest BCUT2D eigenvalue weighted by atomic mass is 32.2. The zero-order valence-electron chi connectivity index (χ0n) is 13.6. The lowest BCUT2D eigenvalue weighted by Gasteiger charge is -2.28. The number of fused-ring (bicyclic) bond motifs is 2. The molecular weight excluding hydrogens is 356 g/mol. The average molecular weight is 374 g/mol. The van der Waals surface area contributed by atoms with E-state index in [1.165, 1.54) is 9.87 Å². The van der Waals surface area contributed by atoms with Gasteiger partial charge in [-0.1, -0.05) is 24.3 Å². The van der Waals surface area contributed by atoms with E-state index in [9.17, 15) is 13.2 Å². The summed E-state index contributed by atoms with van der Waals surface area (Å²) in [7, 11) is -3.59. The molecule has 2 aromatic rings. The first-order chi connectivity index (χ1) is 12.0. The van der Waals surface area contributed by atoms with Crippen LogP contribution in [-0.4, -0.2) is 30.9 Å². The quantitative estimate of drug-likeness (QED) is 0.878. The summed E-state index contributed by atoms with van der Waals surface area (Å²) in [6, 6.07) is 13.0. The van der Waals surface area contributed by atoms with Crippen LogP contribution in [0.5, 0.6) is 0 Å². The molecule has 7 heteroatoms. The number of anilines is 1. The van der Waals surface area contributed by atoms with Gasteiger partial charge in [0, 0.05) is 30.2 Å². The molecule has 2 aliphatic rings. The zero-order chi connectivity index (χ0) is 17.4. The van der Waals surface area contributed by atoms with Crippen molar-refractivity contribution >= 4 is 33.4 Å². The van der Waals surface area contributed by atoms with Crippen LogP contribution >= 0.6 is 11.8 Å². The van der Waals surface area contributed by atoms with Crippen LogP contribution in [0.3, 0.4) is 0 Å². The summed E-state index contributed by atoms with van der Waals surface area (Å²) < 4.78 is 27.6. The molecule has 0 aliphatic carbocycles. The number of benzene rings is 2. The van der Waals surface area contributed by atoms with Gasteiger partial charge in [-0.15, -0.1) is 11.8 Å². The Bertz CT molecular complexity index is 941. The van der Waals surface area contributed by atoms with E-state index in [0.717, 1.165) is 10.5 Å². The lowest BCUT2D eigenvalue weighted by Crippen LogP contribution is -2.36. The van der Waals surface area contributed by atoms with Crippen LogP contribution in [0, 0.1) is 0 Å². The lowest BCUT2D eigenvalue weighted by molar-refractivity contribution is -0.115. The van der Waals surface area contributed by atoms with Crippen LogP contribution < -0.4 is 5.32 Å². The second-order valence-electron chi connectivity index (χ2n) is 6.16. The molecule has 1 N–H and O–H groups in total. The van der Waals surface area contributed by atoms with Crippen molar-refractivity contribution < 1.29 is 13.2 Å². The molecule has 4 rings (SSSR count). The monoisotopic (exact) mass is 374 g/mol. The van der Waals surface area contributed by atoms with Crippen molar-refractivity contribution in [3.63, 3.8) is 0 Å². The minimum atomic E-state index is -3.59. The van der Waals surface area contributed by atoms with E-state index in [-0.39, 0.29) is 10.8 Å². The highest BCUT2D eigenvalue weighted by molar-refractivity contribution is 7.99. The van der Waals surface area contributed by atoms with Crippen LogP contribution in [0.2, 0.25) is 0 Å². The Hall–Kier alpha value is -1.83. The number of rotatable bonds is 2. The van der Waals surface area contributed by atoms with Crippen molar-refractivity contribution in [2.75, 3.05) is 17.6 Å². The summed E-state index contributed by atoms with van der Waals surface area (Å²) in [5, 5.41) is 2.81. The maximum Gasteiger partial charge on any atom is 0.243 e. The van der Waals surface area contributed by atoms with E-state index in [1.54, 1.807) is 30.0 Å². The first kappa shape index (κ1) is 16.6. The Labute approximate surface area is 151 Å². The van der Waals surface area contributed by atoms with Crippen molar-refractivity contribution in [3.8, 4) is 0 Å². The van der Waals surface area contributed by atoms with E-state index >= 15 is 0 Å². The number of hydrogen-bond acceptors (Lipinski definition) is 4. The Morgan fingerprint density at radius 1 is 1.04 bits per heavy atom. The molecule has 0 bridgehead atoms. The van der Waals surface area contributed by atoms with E-state index in [4.69, 9.17) is 0 Å². The molecule has 2 heterocycles. The van der Waals surface area contributed by atoms with Gasteiger partial charge in [0.25, 0.3) is 0 Å². The summed E-state index contributed by atoms with van der Waals surface area (Å²) >= 11 is 1.57. The van der Waals surface area contributed by atoms with Gasteiger partial charge in [-0.3, -0.25) is 4.79 Å². The van der Waals surface area contributed by atoms with E-state index < -0.39 is 10.0 Å². The molecule has 0 radical (unpaired) electrons. The molecule has 2 aromatic carbocycles. The maximum absolute atomic E-state index is 13.1. The second kappa shape index (κ2) is 6.48. The Morgan fingerprint density at radius 2 is 1.84 bits per heavy atom. The fraction of sp³-hybridized carbons (Fsp3) is 0.278. The van der Waals surface area contributed by atoms with Gasteiger partial charge in [0.2, 0.25) is 15.9 Å². The van der Waals surface area contributed by atoms with Crippen LogP contribution in [0.4, 0.5) is 5.69 Å². The molecule has 0 spiro atoms. The van der Waals surface area contributed by atoms with Crippen molar-refractivity contribution in [2.45, 2.75) is 29.2 Å². The van der Waals surface area contributed by atoms with Crippen LogP contribution in [-0.2, 0) is 27.8 Å². The number of carbonyl (C=O) groups excluding carboxylic acids is 1. The fourth-order valence-corrected chi connectivity index (χ4v) is 5.57. The predicted molar refractivity (Wildman–Crippen MR) is 98.2 cm³/mol. The van der Waals surface area contributed by atoms with Crippen LogP contribution in [0.1, 0.15) is 17.5 Å². The van der Waals surface area contributed by atoms with Gasteiger partial charge in [0.15, 0.2) is 0 Å². The van der Waals surface area contributed by atoms with Crippen molar-refractivity contribution in [2.24, 2.45) is 0 Å². The number of carbonyl (C=O) groups is 1. The topological polar surface area (TPSA) is 66.5 Å². The third-order valence-electron chi connectivity index (χ3n) is 4.55. The van der Waals surface area contributed by atoms with E-state index in [0.29, 0.717) is 37.4 Å². The molecule has 130 valence electrons. The molecule has 2 aliphatic heterocycles. The number of sulfonamides is 1. The SMILES string of the molecule is O=C1CCSc2ccc(S(=O)(=O)N3CCc4ccccc4C3)cc2N1. The molecule has 0 atom stereocenters. The van der Waals surface area contributed by atoms with Crippen molar-refractivity contribution in [1.82, 2.24) is 4.31 Å². The summed E-state index contributed by atoms with van der Waals surface area (Å²) in [5.74, 6) is 0.626. The van der Waals surface area contributed by atoms with Gasteiger partial charge in [-0.05, 0) is 35.7 Å². The summed E-state index contributed by atoms with van der Waals surface area (Å²) in [6.07, 6.45) is 1.15. The Balaban J connectivity index is 1.66. The summed E-state index contributed by atoms with van der Waals surface area (Å²) in [5.41, 5.74) is 2.85. The first-order valence-electron chi connectivity index (χ1n) is 8.18. The van der Waals surface area contributed by atoms with Gasteiger partial charge in [-0.25, -0.2) is 8.42 Å². The zero-order valence-corrected chi connectivity index (χ0v) is 15.2. The number of amides is 1. The minimum Gasteiger partial charge on any atom is -0.325 e. The highest BCUT2D eigenvalue weighted by Gasteiger charge is 2.29. The first-order valence-corrected chi connectivity index (χ1v) is 10.6. The molecule has 0 saturated heterocycles. The number of nitrogens with zero attached hydrogens (tertiary/aromatic N) is 1. The largest absolute Gasteiger partial charge is 0.325 e. The minimum absolute atomic E-state index is 0.0762. The Morgan fingerprint density at radius 3 is 2.68 bits per heavy atom. The predicted octanol–water partition coefficient (Wildman–Crippen LogP) is 2.87. The molecule has 0 saturated carbocycles. The molecular formula is C18H18N2O3S2. The van der Waals surface area contributed by atoms with Gasteiger partial charge in [0.05, 0.1) is 10.6 Å².